The molecule has 2 saturated carbocycles. The third-order valence-corrected chi connectivity index (χ3v) is 3.68. The van der Waals surface area contributed by atoms with E-state index in [2.05, 4.69) is 0 Å². The zero-order valence-electron chi connectivity index (χ0n) is 8.99. The Kier molecular flexibility index (Phi) is 2.21. The Labute approximate surface area is 92.7 Å². The number of rotatable bonds is 2. The monoisotopic (exact) mass is 231 g/mol. The number of alkyl halides is 2. The lowest BCUT2D eigenvalue weighted by molar-refractivity contribution is -0.143. The van der Waals surface area contributed by atoms with Gasteiger partial charge < -0.3 is 9.64 Å². The maximum atomic E-state index is 12.8. The molecular formula is C11H15F2NO2. The Morgan fingerprint density at radius 3 is 2.62 bits per heavy atom. The molecule has 3 fully saturated rings. The second kappa shape index (κ2) is 3.39. The summed E-state index contributed by atoms with van der Waals surface area (Å²) >= 11 is 0. The second-order valence-corrected chi connectivity index (χ2v) is 5.05. The van der Waals surface area contributed by atoms with Gasteiger partial charge in [-0.05, 0) is 18.8 Å². The highest BCUT2D eigenvalue weighted by atomic mass is 19.3. The van der Waals surface area contributed by atoms with Gasteiger partial charge in [0, 0.05) is 19.5 Å². The molecule has 90 valence electrons. The number of hydrogen-bond acceptors (Lipinski definition) is 2. The highest BCUT2D eigenvalue weighted by molar-refractivity contribution is 5.83. The molecule has 2 aliphatic carbocycles. The van der Waals surface area contributed by atoms with Crippen molar-refractivity contribution < 1.29 is 18.3 Å². The molecule has 1 heterocycles. The third kappa shape index (κ3) is 1.81. The summed E-state index contributed by atoms with van der Waals surface area (Å²) in [6, 6.07) is 0. The first-order valence-corrected chi connectivity index (χ1v) is 5.86. The molecular weight excluding hydrogens is 216 g/mol. The summed E-state index contributed by atoms with van der Waals surface area (Å²) in [5.74, 6) is -3.62. The smallest absolute Gasteiger partial charge is 0.260 e. The Hall–Kier alpha value is -0.710. The van der Waals surface area contributed by atoms with E-state index in [9.17, 15) is 13.6 Å². The average Bonchev–Trinajstić information content (AvgIpc) is 3.14. The van der Waals surface area contributed by atoms with E-state index in [0.717, 1.165) is 12.8 Å². The molecule has 0 spiro atoms. The molecule has 0 aromatic rings. The van der Waals surface area contributed by atoms with Crippen molar-refractivity contribution >= 4 is 5.91 Å². The number of carbonyl (C=O) groups is 1. The lowest BCUT2D eigenvalue weighted by atomic mass is 10.1. The first-order valence-electron chi connectivity index (χ1n) is 5.86. The molecule has 3 nitrogen and oxygen atoms in total. The van der Waals surface area contributed by atoms with Crippen molar-refractivity contribution in [1.29, 1.82) is 0 Å². The zero-order chi connectivity index (χ0) is 11.3. The van der Waals surface area contributed by atoms with Crippen LogP contribution in [0.3, 0.4) is 0 Å². The summed E-state index contributed by atoms with van der Waals surface area (Å²) in [5, 5.41) is 0. The predicted molar refractivity (Wildman–Crippen MR) is 52.1 cm³/mol. The van der Waals surface area contributed by atoms with E-state index in [1.165, 1.54) is 0 Å². The van der Waals surface area contributed by atoms with E-state index in [1.54, 1.807) is 4.90 Å². The van der Waals surface area contributed by atoms with E-state index in [1.807, 2.05) is 0 Å². The van der Waals surface area contributed by atoms with Gasteiger partial charge in [-0.25, -0.2) is 8.78 Å². The summed E-state index contributed by atoms with van der Waals surface area (Å²) in [6.07, 6.45) is 2.11. The molecule has 5 heteroatoms. The first-order chi connectivity index (χ1) is 7.58. The van der Waals surface area contributed by atoms with E-state index in [0.29, 0.717) is 25.6 Å². The molecule has 3 aliphatic rings. The number of hydrogen-bond donors (Lipinski definition) is 0. The normalized spacial score (nSPS) is 37.2. The Bertz CT molecular complexity index is 317. The molecule has 0 aromatic carbocycles. The fourth-order valence-corrected chi connectivity index (χ4v) is 2.33. The fourth-order valence-electron chi connectivity index (χ4n) is 2.33. The lowest BCUT2D eigenvalue weighted by Gasteiger charge is -2.33. The van der Waals surface area contributed by atoms with Crippen molar-refractivity contribution in [2.45, 2.75) is 31.3 Å². The Morgan fingerprint density at radius 1 is 1.38 bits per heavy atom. The maximum absolute atomic E-state index is 12.8. The fraction of sp³-hybridized carbons (Fsp3) is 0.909. The summed E-state index contributed by atoms with van der Waals surface area (Å²) in [5.41, 5.74) is 0. The van der Waals surface area contributed by atoms with Crippen molar-refractivity contribution in [3.63, 3.8) is 0 Å². The molecule has 2 atom stereocenters. The van der Waals surface area contributed by atoms with Gasteiger partial charge in [0.2, 0.25) is 5.91 Å². The highest BCUT2D eigenvalue weighted by Crippen LogP contribution is 2.49. The van der Waals surface area contributed by atoms with E-state index in [-0.39, 0.29) is 18.4 Å². The Balaban J connectivity index is 1.59. The van der Waals surface area contributed by atoms with Crippen molar-refractivity contribution in [2.75, 3.05) is 19.7 Å². The second-order valence-electron chi connectivity index (χ2n) is 5.05. The van der Waals surface area contributed by atoms with Crippen LogP contribution in [0.4, 0.5) is 8.78 Å². The van der Waals surface area contributed by atoms with E-state index < -0.39 is 11.8 Å². The van der Waals surface area contributed by atoms with E-state index in [4.69, 9.17) is 4.74 Å². The number of carbonyl (C=O) groups excluding carboxylic acids is 1. The van der Waals surface area contributed by atoms with Crippen LogP contribution in [-0.4, -0.2) is 42.5 Å². The molecule has 1 aliphatic heterocycles. The van der Waals surface area contributed by atoms with Crippen LogP contribution in [0.15, 0.2) is 0 Å². The number of ether oxygens (including phenoxy) is 1. The molecule has 2 unspecified atom stereocenters. The number of halogens is 2. The molecule has 1 amide bonds. The van der Waals surface area contributed by atoms with Gasteiger partial charge in [-0.2, -0.15) is 0 Å². The molecule has 0 radical (unpaired) electrons. The first kappa shape index (κ1) is 10.4. The van der Waals surface area contributed by atoms with Crippen LogP contribution in [-0.2, 0) is 9.53 Å². The molecule has 1 saturated heterocycles. The quantitative estimate of drug-likeness (QED) is 0.716. The number of nitrogens with zero attached hydrogens (tertiary/aromatic N) is 1. The average molecular weight is 231 g/mol. The van der Waals surface area contributed by atoms with Crippen molar-refractivity contribution in [1.82, 2.24) is 4.90 Å². The van der Waals surface area contributed by atoms with Crippen LogP contribution in [0, 0.1) is 11.8 Å². The van der Waals surface area contributed by atoms with Crippen LogP contribution in [0.5, 0.6) is 0 Å². The van der Waals surface area contributed by atoms with Gasteiger partial charge in [0.15, 0.2) is 0 Å². The van der Waals surface area contributed by atoms with Gasteiger partial charge >= 0.3 is 0 Å². The summed E-state index contributed by atoms with van der Waals surface area (Å²) < 4.78 is 31.1. The van der Waals surface area contributed by atoms with Crippen LogP contribution < -0.4 is 0 Å². The number of amides is 1. The van der Waals surface area contributed by atoms with Gasteiger partial charge in [0.05, 0.1) is 12.7 Å². The van der Waals surface area contributed by atoms with Gasteiger partial charge in [-0.3, -0.25) is 4.79 Å². The molecule has 0 aromatic heterocycles. The zero-order valence-corrected chi connectivity index (χ0v) is 8.99. The summed E-state index contributed by atoms with van der Waals surface area (Å²) in [6.45, 7) is 1.47. The maximum Gasteiger partial charge on any atom is 0.260 e. The van der Waals surface area contributed by atoms with Crippen LogP contribution in [0.1, 0.15) is 19.3 Å². The summed E-state index contributed by atoms with van der Waals surface area (Å²) in [4.78, 5) is 13.3. The molecule has 0 N–H and O–H groups in total. The third-order valence-electron chi connectivity index (χ3n) is 3.68. The minimum atomic E-state index is -2.75. The van der Waals surface area contributed by atoms with Gasteiger partial charge in [0.1, 0.15) is 5.92 Å². The van der Waals surface area contributed by atoms with Crippen LogP contribution in [0.2, 0.25) is 0 Å². The van der Waals surface area contributed by atoms with Crippen molar-refractivity contribution in [3.05, 3.63) is 0 Å². The van der Waals surface area contributed by atoms with Crippen molar-refractivity contribution in [2.24, 2.45) is 11.8 Å². The highest BCUT2D eigenvalue weighted by Gasteiger charge is 2.62. The molecule has 3 rings (SSSR count). The standard InChI is InChI=1S/C11H15F2NO2/c12-11(13)5-8(11)10(15)14-3-4-16-9(6-14)7-1-2-7/h7-9H,1-6H2. The minimum Gasteiger partial charge on any atom is -0.374 e. The topological polar surface area (TPSA) is 29.5 Å². The SMILES string of the molecule is O=C(C1CC1(F)F)N1CCOC(C2CC2)C1. The molecule has 0 bridgehead atoms. The van der Waals surface area contributed by atoms with E-state index >= 15 is 0 Å². The largest absolute Gasteiger partial charge is 0.374 e. The number of morpholine rings is 1. The Morgan fingerprint density at radius 2 is 2.06 bits per heavy atom. The van der Waals surface area contributed by atoms with Gasteiger partial charge in [0.25, 0.3) is 5.92 Å². The minimum absolute atomic E-state index is 0.0880. The molecule has 16 heavy (non-hydrogen) atoms. The van der Waals surface area contributed by atoms with Crippen LogP contribution in [0.25, 0.3) is 0 Å². The predicted octanol–water partition coefficient (Wildman–Crippen LogP) is 1.28. The van der Waals surface area contributed by atoms with Crippen LogP contribution >= 0.6 is 0 Å². The van der Waals surface area contributed by atoms with Gasteiger partial charge in [-0.1, -0.05) is 0 Å². The van der Waals surface area contributed by atoms with Gasteiger partial charge in [-0.15, -0.1) is 0 Å². The van der Waals surface area contributed by atoms with Crippen molar-refractivity contribution in [3.8, 4) is 0 Å². The summed E-state index contributed by atoms with van der Waals surface area (Å²) in [7, 11) is 0. The lowest BCUT2D eigenvalue weighted by Crippen LogP contribution is -2.47.